The molecule has 0 spiro atoms. The van der Waals surface area contributed by atoms with Crippen molar-refractivity contribution in [2.45, 2.75) is 6.42 Å². The molecule has 0 unspecified atom stereocenters. The minimum atomic E-state index is 0. The summed E-state index contributed by atoms with van der Waals surface area (Å²) in [6, 6.07) is 54.2. The topological polar surface area (TPSA) is 0 Å². The molecule has 0 fully saturated rings. The second kappa shape index (κ2) is 16.2. The predicted molar refractivity (Wildman–Crippen MR) is 182 cm³/mol. The molecule has 44 heavy (non-hydrogen) atoms. The van der Waals surface area contributed by atoms with E-state index in [4.69, 9.17) is 0 Å². The van der Waals surface area contributed by atoms with Gasteiger partial charge in [-0.1, -0.05) is 53.9 Å². The van der Waals surface area contributed by atoms with Crippen LogP contribution in [0, 0.1) is 6.07 Å². The van der Waals surface area contributed by atoms with Crippen molar-refractivity contribution in [2.24, 2.45) is 0 Å². The molecule has 0 nitrogen and oxygen atoms in total. The molecule has 1 aliphatic carbocycles. The van der Waals surface area contributed by atoms with Crippen LogP contribution in [0.4, 0.5) is 0 Å². The first-order valence-corrected chi connectivity index (χ1v) is 16.6. The number of hydrogen-bond acceptors (Lipinski definition) is 0. The number of fused-ring (bicyclic) bond motifs is 8. The third-order valence-corrected chi connectivity index (χ3v) is 9.79. The molecule has 0 atom stereocenters. The van der Waals surface area contributed by atoms with Crippen molar-refractivity contribution in [1.29, 1.82) is 0 Å². The van der Waals surface area contributed by atoms with Gasteiger partial charge < -0.3 is 24.8 Å². The summed E-state index contributed by atoms with van der Waals surface area (Å²) in [5.41, 5.74) is 8.24. The summed E-state index contributed by atoms with van der Waals surface area (Å²) < 4.78 is 3.62. The van der Waals surface area contributed by atoms with Gasteiger partial charge in [0.25, 0.3) is 0 Å². The van der Waals surface area contributed by atoms with Crippen molar-refractivity contribution in [3.05, 3.63) is 183 Å². The summed E-state index contributed by atoms with van der Waals surface area (Å²) in [4.78, 5) is 0. The molecular weight excluding hydrogens is 790 g/mol. The van der Waals surface area contributed by atoms with E-state index in [2.05, 4.69) is 135 Å². The molecule has 8 rings (SSSR count). The quantitative estimate of drug-likeness (QED) is 0.169. The second-order valence-corrected chi connectivity index (χ2v) is 13.1. The van der Waals surface area contributed by atoms with Crippen LogP contribution in [0.25, 0.3) is 32.7 Å². The van der Waals surface area contributed by atoms with Gasteiger partial charge in [0.2, 0.25) is 0 Å². The van der Waals surface area contributed by atoms with E-state index in [1.807, 2.05) is 48.5 Å². The van der Waals surface area contributed by atoms with Crippen LogP contribution in [0.2, 0.25) is 0 Å². The zero-order valence-electron chi connectivity index (χ0n) is 23.6. The Labute approximate surface area is 303 Å². The van der Waals surface area contributed by atoms with Crippen molar-refractivity contribution >= 4 is 56.6 Å². The molecule has 0 amide bonds. The molecule has 0 saturated heterocycles. The Morgan fingerprint density at radius 2 is 1.23 bits per heavy atom. The fraction of sp³-hybridized carbons (Fsp3) is 0.0256. The zero-order chi connectivity index (χ0) is 28.9. The monoisotopic (exact) mass is 812 g/mol. The molecule has 0 N–H and O–H groups in total. The first kappa shape index (κ1) is 34.4. The van der Waals surface area contributed by atoms with Crippen molar-refractivity contribution < 1.29 is 49.0 Å². The Bertz CT molecular complexity index is 1950. The Kier molecular flexibility index (Phi) is 12.6. The van der Waals surface area contributed by atoms with E-state index in [1.54, 1.807) is 0 Å². The molecule has 0 saturated carbocycles. The maximum atomic E-state index is 3.50. The van der Waals surface area contributed by atoms with Crippen molar-refractivity contribution in [1.82, 2.24) is 0 Å². The average molecular weight is 817 g/mol. The summed E-state index contributed by atoms with van der Waals surface area (Å²) in [6.45, 7) is 0. The number of halogens is 4. The van der Waals surface area contributed by atoms with E-state index in [1.165, 1.54) is 82.4 Å². The first-order chi connectivity index (χ1) is 20.6. The van der Waals surface area contributed by atoms with E-state index < -0.39 is 0 Å². The molecule has 7 aromatic carbocycles. The normalized spacial score (nSPS) is 10.6. The molecule has 5 heteroatoms. The Morgan fingerprint density at radius 3 is 1.84 bits per heavy atom. The van der Waals surface area contributed by atoms with Crippen molar-refractivity contribution in [3.63, 3.8) is 0 Å². The summed E-state index contributed by atoms with van der Waals surface area (Å²) >= 11 is 8.43. The average Bonchev–Trinajstić information content (AvgIpc) is 3.74. The Balaban J connectivity index is 0.000000171. The molecule has 0 radical (unpaired) electrons. The maximum absolute atomic E-state index is 3.50. The Hall–Kier alpha value is -2.52. The van der Waals surface area contributed by atoms with Gasteiger partial charge in [-0.2, -0.15) is 18.2 Å². The molecule has 0 aromatic heterocycles. The SMILES string of the molecule is Brc1cccc([C](=[Zr+2])c2cccc(Br)c2)c1.[Cl-].[Cl-].[c-]1cccc2c1c1c(c3ccccc32)-c2ccccc2C1.c1cc[cH-]c1. The van der Waals surface area contributed by atoms with Crippen LogP contribution in [-0.2, 0) is 30.7 Å². The van der Waals surface area contributed by atoms with Crippen molar-refractivity contribution in [3.8, 4) is 11.1 Å². The molecule has 216 valence electrons. The van der Waals surface area contributed by atoms with E-state index in [-0.39, 0.29) is 24.8 Å². The van der Waals surface area contributed by atoms with E-state index in [0.717, 1.165) is 15.4 Å². The molecule has 0 heterocycles. The number of benzene rings is 6. The summed E-state index contributed by atoms with van der Waals surface area (Å²) in [6.07, 6.45) is 1.02. The molecule has 0 aliphatic heterocycles. The number of hydrogen-bond donors (Lipinski definition) is 0. The third kappa shape index (κ3) is 7.64. The third-order valence-electron chi connectivity index (χ3n) is 7.38. The number of rotatable bonds is 2. The van der Waals surface area contributed by atoms with Crippen LogP contribution in [0.15, 0.2) is 155 Å². The fourth-order valence-electron chi connectivity index (χ4n) is 5.50. The standard InChI is InChI=1S/C21H13.C13H8Br2.C5H5.2ClH.Zr/c1-2-8-15-14(7-1)13-20-18-11-4-3-9-16(18)17-10-5-6-12-19(17)21(15)20;14-12-5-1-3-10(8-12)7-11-4-2-6-13(15)9-11;1-2-4-5-3-1;;;/h1-10,12H,13H2;1-6,8-9H;1-5H;2*1H;/q-1;;-1;;;+2/p-2. The van der Waals surface area contributed by atoms with Gasteiger partial charge in [0.1, 0.15) is 0 Å². The van der Waals surface area contributed by atoms with Gasteiger partial charge >= 0.3 is 128 Å². The van der Waals surface area contributed by atoms with Crippen LogP contribution in [0.3, 0.4) is 0 Å². The van der Waals surface area contributed by atoms with Crippen LogP contribution in [0.5, 0.6) is 0 Å². The van der Waals surface area contributed by atoms with Crippen LogP contribution < -0.4 is 24.8 Å². The van der Waals surface area contributed by atoms with Gasteiger partial charge in [0.05, 0.1) is 0 Å². The van der Waals surface area contributed by atoms with E-state index in [0.29, 0.717) is 0 Å². The van der Waals surface area contributed by atoms with Gasteiger partial charge in [0.15, 0.2) is 0 Å². The Morgan fingerprint density at radius 1 is 0.636 bits per heavy atom. The molecule has 1 aliphatic rings. The molecular formula is C39H26Br2Cl2Zr-2. The second-order valence-electron chi connectivity index (χ2n) is 10.0. The van der Waals surface area contributed by atoms with Crippen LogP contribution in [0.1, 0.15) is 22.3 Å². The van der Waals surface area contributed by atoms with Crippen LogP contribution >= 0.6 is 31.9 Å². The maximum Gasteiger partial charge on any atom is -0.0240 e. The summed E-state index contributed by atoms with van der Waals surface area (Å²) in [7, 11) is 0. The van der Waals surface area contributed by atoms with Gasteiger partial charge in [-0.25, -0.2) is 12.1 Å². The predicted octanol–water partition coefficient (Wildman–Crippen LogP) is 5.11. The smallest absolute Gasteiger partial charge is 0.0240 e. The van der Waals surface area contributed by atoms with E-state index >= 15 is 0 Å². The molecule has 7 aromatic rings. The van der Waals surface area contributed by atoms with Gasteiger partial charge in [0, 0.05) is 0 Å². The molecule has 0 bridgehead atoms. The minimum absolute atomic E-state index is 0. The fourth-order valence-corrected chi connectivity index (χ4v) is 7.07. The zero-order valence-corrected chi connectivity index (χ0v) is 30.7. The van der Waals surface area contributed by atoms with Crippen LogP contribution in [-0.4, -0.2) is 3.21 Å². The minimum Gasteiger partial charge on any atom is -1.00 e. The van der Waals surface area contributed by atoms with Gasteiger partial charge in [-0.15, -0.1) is 40.6 Å². The van der Waals surface area contributed by atoms with Crippen molar-refractivity contribution in [2.75, 3.05) is 0 Å². The first-order valence-electron chi connectivity index (χ1n) is 13.8. The van der Waals surface area contributed by atoms with E-state index in [9.17, 15) is 0 Å². The summed E-state index contributed by atoms with van der Waals surface area (Å²) in [5, 5.41) is 5.30. The largest absolute Gasteiger partial charge is 1.00 e. The van der Waals surface area contributed by atoms with Gasteiger partial charge in [-0.3, -0.25) is 0 Å². The summed E-state index contributed by atoms with van der Waals surface area (Å²) in [5.74, 6) is 0. The van der Waals surface area contributed by atoms with Gasteiger partial charge in [-0.05, 0) is 28.5 Å².